The van der Waals surface area contributed by atoms with Gasteiger partial charge in [0.05, 0.1) is 6.10 Å². The Hall–Kier alpha value is -0.940. The highest BCUT2D eigenvalue weighted by Gasteiger charge is 2.25. The molecule has 0 saturated heterocycles. The normalized spacial score (nSPS) is 21.8. The molecule has 0 aromatic carbocycles. The third-order valence-corrected chi connectivity index (χ3v) is 2.98. The number of rotatable bonds is 3. The first kappa shape index (κ1) is 10.6. The summed E-state index contributed by atoms with van der Waals surface area (Å²) in [5, 5.41) is 13.2. The minimum Gasteiger partial charge on any atom is -0.391 e. The number of nitrogens with zero attached hydrogens (tertiary/aromatic N) is 2. The van der Waals surface area contributed by atoms with Crippen LogP contribution in [0, 0.1) is 0 Å². The van der Waals surface area contributed by atoms with Crippen LogP contribution in [0.1, 0.15) is 56.3 Å². The van der Waals surface area contributed by atoms with E-state index in [2.05, 4.69) is 10.1 Å². The Bertz CT molecular complexity index is 302. The van der Waals surface area contributed by atoms with E-state index in [9.17, 15) is 5.11 Å². The van der Waals surface area contributed by atoms with Gasteiger partial charge in [-0.15, -0.1) is 0 Å². The molecule has 0 aliphatic heterocycles. The Labute approximate surface area is 88.7 Å². The van der Waals surface area contributed by atoms with E-state index in [-0.39, 0.29) is 0 Å². The summed E-state index contributed by atoms with van der Waals surface area (Å²) in [5.41, 5.74) is 5.70. The zero-order chi connectivity index (χ0) is 10.8. The van der Waals surface area contributed by atoms with E-state index in [4.69, 9.17) is 10.3 Å². The maximum Gasteiger partial charge on any atom is 0.246 e. The molecule has 1 saturated carbocycles. The molecule has 1 heterocycles. The van der Waals surface area contributed by atoms with Gasteiger partial charge in [-0.05, 0) is 19.8 Å². The van der Waals surface area contributed by atoms with Crippen molar-refractivity contribution in [3.63, 3.8) is 0 Å². The van der Waals surface area contributed by atoms with E-state index in [1.807, 2.05) is 0 Å². The van der Waals surface area contributed by atoms with Gasteiger partial charge in [0.25, 0.3) is 0 Å². The Balaban J connectivity index is 2.09. The van der Waals surface area contributed by atoms with Gasteiger partial charge in [0.1, 0.15) is 6.04 Å². The lowest BCUT2D eigenvalue weighted by molar-refractivity contribution is 0.146. The predicted molar refractivity (Wildman–Crippen MR) is 54.1 cm³/mol. The fourth-order valence-electron chi connectivity index (χ4n) is 1.94. The molecule has 2 atom stereocenters. The fourth-order valence-corrected chi connectivity index (χ4v) is 1.94. The van der Waals surface area contributed by atoms with Crippen molar-refractivity contribution in [3.05, 3.63) is 11.7 Å². The predicted octanol–water partition coefficient (Wildman–Crippen LogP) is 1.11. The van der Waals surface area contributed by atoms with Crippen LogP contribution in [-0.4, -0.2) is 21.4 Å². The first-order chi connectivity index (χ1) is 7.18. The molecule has 1 fully saturated rings. The highest BCUT2D eigenvalue weighted by molar-refractivity contribution is 5.00. The van der Waals surface area contributed by atoms with Crippen molar-refractivity contribution in [3.8, 4) is 0 Å². The van der Waals surface area contributed by atoms with Crippen molar-refractivity contribution in [1.82, 2.24) is 10.1 Å². The second-order valence-corrected chi connectivity index (χ2v) is 4.24. The van der Waals surface area contributed by atoms with Gasteiger partial charge >= 0.3 is 0 Å². The average molecular weight is 211 g/mol. The summed E-state index contributed by atoms with van der Waals surface area (Å²) in [6.07, 6.45) is 4.06. The Morgan fingerprint density at radius 2 is 2.13 bits per heavy atom. The standard InChI is InChI=1S/C10H17N3O2/c1-6(14)8(11)10-12-9(13-15-10)7-4-2-3-5-7/h6-8,14H,2-5,11H2,1H3. The van der Waals surface area contributed by atoms with Crippen LogP contribution in [0.15, 0.2) is 4.52 Å². The number of aliphatic hydroxyl groups excluding tert-OH is 1. The summed E-state index contributed by atoms with van der Waals surface area (Å²) in [4.78, 5) is 4.25. The SMILES string of the molecule is CC(O)C(N)c1nc(C2CCCC2)no1. The molecule has 3 N–H and O–H groups in total. The maximum atomic E-state index is 9.30. The molecule has 0 spiro atoms. The van der Waals surface area contributed by atoms with Gasteiger partial charge in [0, 0.05) is 5.92 Å². The number of aromatic nitrogens is 2. The van der Waals surface area contributed by atoms with E-state index in [1.54, 1.807) is 6.92 Å². The van der Waals surface area contributed by atoms with Crippen LogP contribution < -0.4 is 5.73 Å². The van der Waals surface area contributed by atoms with Crippen LogP contribution in [0.5, 0.6) is 0 Å². The van der Waals surface area contributed by atoms with E-state index in [0.717, 1.165) is 18.7 Å². The minimum atomic E-state index is -0.665. The first-order valence-electron chi connectivity index (χ1n) is 5.45. The summed E-state index contributed by atoms with van der Waals surface area (Å²) >= 11 is 0. The van der Waals surface area contributed by atoms with Gasteiger partial charge in [0.2, 0.25) is 5.89 Å². The van der Waals surface area contributed by atoms with Crippen molar-refractivity contribution in [2.24, 2.45) is 5.73 Å². The van der Waals surface area contributed by atoms with Crippen molar-refractivity contribution in [1.29, 1.82) is 0 Å². The van der Waals surface area contributed by atoms with Crippen molar-refractivity contribution < 1.29 is 9.63 Å². The van der Waals surface area contributed by atoms with Gasteiger partial charge < -0.3 is 15.4 Å². The average Bonchev–Trinajstić information content (AvgIpc) is 2.86. The molecule has 2 rings (SSSR count). The smallest absolute Gasteiger partial charge is 0.246 e. The zero-order valence-corrected chi connectivity index (χ0v) is 8.89. The monoisotopic (exact) mass is 211 g/mol. The topological polar surface area (TPSA) is 85.2 Å². The van der Waals surface area contributed by atoms with Gasteiger partial charge in [-0.3, -0.25) is 0 Å². The number of nitrogens with two attached hydrogens (primary N) is 1. The molecular formula is C10H17N3O2. The second kappa shape index (κ2) is 4.28. The zero-order valence-electron chi connectivity index (χ0n) is 8.89. The third-order valence-electron chi connectivity index (χ3n) is 2.98. The van der Waals surface area contributed by atoms with Crippen LogP contribution >= 0.6 is 0 Å². The van der Waals surface area contributed by atoms with Crippen LogP contribution in [0.2, 0.25) is 0 Å². The highest BCUT2D eigenvalue weighted by atomic mass is 16.5. The largest absolute Gasteiger partial charge is 0.391 e. The molecule has 1 aromatic heterocycles. The van der Waals surface area contributed by atoms with Crippen molar-refractivity contribution >= 4 is 0 Å². The Morgan fingerprint density at radius 1 is 1.47 bits per heavy atom. The van der Waals surface area contributed by atoms with Crippen molar-refractivity contribution in [2.45, 2.75) is 50.7 Å². The molecule has 5 nitrogen and oxygen atoms in total. The van der Waals surface area contributed by atoms with Crippen LogP contribution in [0.3, 0.4) is 0 Å². The molecule has 5 heteroatoms. The van der Waals surface area contributed by atoms with E-state index < -0.39 is 12.1 Å². The summed E-state index contributed by atoms with van der Waals surface area (Å²) < 4.78 is 5.05. The first-order valence-corrected chi connectivity index (χ1v) is 5.45. The lowest BCUT2D eigenvalue weighted by atomic mass is 10.1. The maximum absolute atomic E-state index is 9.30. The Morgan fingerprint density at radius 3 is 2.73 bits per heavy atom. The van der Waals surface area contributed by atoms with Gasteiger partial charge in [-0.1, -0.05) is 18.0 Å². The lowest BCUT2D eigenvalue weighted by Gasteiger charge is -2.08. The minimum absolute atomic E-state index is 0.340. The summed E-state index contributed by atoms with van der Waals surface area (Å²) in [6.45, 7) is 1.62. The molecule has 84 valence electrons. The van der Waals surface area contributed by atoms with Gasteiger partial charge in [-0.25, -0.2) is 0 Å². The van der Waals surface area contributed by atoms with Gasteiger partial charge in [0.15, 0.2) is 5.82 Å². The molecule has 0 amide bonds. The van der Waals surface area contributed by atoms with E-state index in [0.29, 0.717) is 11.8 Å². The molecule has 1 aromatic rings. The molecule has 1 aliphatic carbocycles. The molecule has 15 heavy (non-hydrogen) atoms. The summed E-state index contributed by atoms with van der Waals surface area (Å²) in [7, 11) is 0. The fraction of sp³-hybridized carbons (Fsp3) is 0.800. The third kappa shape index (κ3) is 2.18. The molecule has 2 unspecified atom stereocenters. The highest BCUT2D eigenvalue weighted by Crippen LogP contribution is 2.32. The van der Waals surface area contributed by atoms with Gasteiger partial charge in [-0.2, -0.15) is 4.98 Å². The summed E-state index contributed by atoms with van der Waals surface area (Å²) in [6, 6.07) is -0.576. The number of hydrogen-bond acceptors (Lipinski definition) is 5. The molecule has 1 aliphatic rings. The van der Waals surface area contributed by atoms with E-state index >= 15 is 0 Å². The van der Waals surface area contributed by atoms with Crippen LogP contribution in [-0.2, 0) is 0 Å². The van der Waals surface area contributed by atoms with E-state index in [1.165, 1.54) is 12.8 Å². The van der Waals surface area contributed by atoms with Crippen LogP contribution in [0.25, 0.3) is 0 Å². The number of aliphatic hydroxyl groups is 1. The summed E-state index contributed by atoms with van der Waals surface area (Å²) in [5.74, 6) is 1.51. The quantitative estimate of drug-likeness (QED) is 0.782. The Kier molecular flexibility index (Phi) is 3.02. The van der Waals surface area contributed by atoms with Crippen molar-refractivity contribution in [2.75, 3.05) is 0 Å². The second-order valence-electron chi connectivity index (χ2n) is 4.24. The lowest BCUT2D eigenvalue weighted by Crippen LogP contribution is -2.23. The van der Waals surface area contributed by atoms with Crippen LogP contribution in [0.4, 0.5) is 0 Å². The molecular weight excluding hydrogens is 194 g/mol. The number of hydrogen-bond donors (Lipinski definition) is 2. The molecule has 0 bridgehead atoms. The molecule has 0 radical (unpaired) electrons.